The Morgan fingerprint density at radius 1 is 1.32 bits per heavy atom. The second kappa shape index (κ2) is 4.50. The van der Waals surface area contributed by atoms with Gasteiger partial charge >= 0.3 is 0 Å². The Morgan fingerprint density at radius 2 is 1.95 bits per heavy atom. The first-order chi connectivity index (χ1) is 8.86. The summed E-state index contributed by atoms with van der Waals surface area (Å²) in [6.45, 7) is 3.40. The molecule has 1 heterocycles. The van der Waals surface area contributed by atoms with Crippen LogP contribution in [-0.4, -0.2) is 18.2 Å². The lowest BCUT2D eigenvalue weighted by molar-refractivity contribution is 0.587. The summed E-state index contributed by atoms with van der Waals surface area (Å²) in [6, 6.07) is 8.97. The van der Waals surface area contributed by atoms with Crippen LogP contribution >= 0.6 is 0 Å². The molecule has 2 rings (SSSR count). The van der Waals surface area contributed by atoms with E-state index in [1.54, 1.807) is 19.1 Å². The second-order valence-electron chi connectivity index (χ2n) is 4.12. The average molecular weight is 276 g/mol. The zero-order valence-electron chi connectivity index (χ0n) is 10.5. The van der Waals surface area contributed by atoms with E-state index in [2.05, 4.69) is 5.10 Å². The van der Waals surface area contributed by atoms with Crippen molar-refractivity contribution in [3.8, 4) is 11.8 Å². The van der Waals surface area contributed by atoms with E-state index < -0.39 is 10.0 Å². The second-order valence-corrected chi connectivity index (χ2v) is 5.60. The van der Waals surface area contributed by atoms with Gasteiger partial charge in [0.05, 0.1) is 11.4 Å². The lowest BCUT2D eigenvalue weighted by Crippen LogP contribution is -2.18. The molecule has 0 spiro atoms. The van der Waals surface area contributed by atoms with Gasteiger partial charge in [-0.15, -0.1) is 0 Å². The van der Waals surface area contributed by atoms with Gasteiger partial charge in [-0.3, -0.25) is 0 Å². The standard InChI is InChI=1S/C12H12N4O2S/c1-8-5-3-4-6-11(8)16-12(19(14,17)18)10(7-13)9(2)15-16/h3-6H,1-2H3,(H2,14,17,18). The molecule has 0 aliphatic rings. The third-order valence-corrected chi connectivity index (χ3v) is 3.66. The number of aryl methyl sites for hydroxylation is 2. The molecular weight excluding hydrogens is 264 g/mol. The van der Waals surface area contributed by atoms with E-state index in [1.165, 1.54) is 4.68 Å². The van der Waals surface area contributed by atoms with Crippen LogP contribution in [0.15, 0.2) is 29.3 Å². The third kappa shape index (κ3) is 2.23. The van der Waals surface area contributed by atoms with Crippen molar-refractivity contribution in [2.75, 3.05) is 0 Å². The normalized spacial score (nSPS) is 11.3. The molecule has 0 radical (unpaired) electrons. The van der Waals surface area contributed by atoms with Gasteiger partial charge in [0.15, 0.2) is 5.03 Å². The molecule has 98 valence electrons. The van der Waals surface area contributed by atoms with Gasteiger partial charge in [0, 0.05) is 0 Å². The van der Waals surface area contributed by atoms with Gasteiger partial charge in [-0.1, -0.05) is 18.2 Å². The highest BCUT2D eigenvalue weighted by Crippen LogP contribution is 2.23. The van der Waals surface area contributed by atoms with Gasteiger partial charge in [-0.2, -0.15) is 10.4 Å². The molecule has 0 bridgehead atoms. The Morgan fingerprint density at radius 3 is 2.47 bits per heavy atom. The fourth-order valence-electron chi connectivity index (χ4n) is 1.86. The number of aromatic nitrogens is 2. The van der Waals surface area contributed by atoms with Crippen LogP contribution in [0.25, 0.3) is 5.69 Å². The van der Waals surface area contributed by atoms with Crippen molar-refractivity contribution in [1.82, 2.24) is 9.78 Å². The molecule has 1 aromatic carbocycles. The quantitative estimate of drug-likeness (QED) is 0.884. The maximum Gasteiger partial charge on any atom is 0.257 e. The molecule has 19 heavy (non-hydrogen) atoms. The monoisotopic (exact) mass is 276 g/mol. The molecule has 0 amide bonds. The van der Waals surface area contributed by atoms with Gasteiger partial charge < -0.3 is 0 Å². The molecule has 0 atom stereocenters. The number of primary sulfonamides is 1. The minimum atomic E-state index is -4.04. The molecule has 0 saturated carbocycles. The maximum absolute atomic E-state index is 11.7. The number of hydrogen-bond acceptors (Lipinski definition) is 4. The number of hydrogen-bond donors (Lipinski definition) is 1. The molecule has 1 aromatic heterocycles. The van der Waals surface area contributed by atoms with E-state index in [9.17, 15) is 8.42 Å². The number of sulfonamides is 1. The van der Waals surface area contributed by atoms with E-state index in [0.717, 1.165) is 5.56 Å². The first-order valence-electron chi connectivity index (χ1n) is 5.44. The number of nitrogens with zero attached hydrogens (tertiary/aromatic N) is 3. The number of nitrogens with two attached hydrogens (primary N) is 1. The first-order valence-corrected chi connectivity index (χ1v) is 6.99. The summed E-state index contributed by atoms with van der Waals surface area (Å²) >= 11 is 0. The minimum Gasteiger partial charge on any atom is -0.223 e. The fraction of sp³-hybridized carbons (Fsp3) is 0.167. The molecule has 2 N–H and O–H groups in total. The molecular formula is C12H12N4O2S. The molecule has 2 aromatic rings. The number of nitriles is 1. The predicted molar refractivity (Wildman–Crippen MR) is 69.1 cm³/mol. The topological polar surface area (TPSA) is 102 Å². The van der Waals surface area contributed by atoms with Crippen LogP contribution < -0.4 is 5.14 Å². The van der Waals surface area contributed by atoms with Crippen LogP contribution in [0, 0.1) is 25.2 Å². The van der Waals surface area contributed by atoms with Crippen LogP contribution in [0.4, 0.5) is 0 Å². The molecule has 0 aliphatic carbocycles. The highest BCUT2D eigenvalue weighted by atomic mass is 32.2. The predicted octanol–water partition coefficient (Wildman–Crippen LogP) is 1.01. The Balaban J connectivity index is 2.88. The molecule has 0 fully saturated rings. The van der Waals surface area contributed by atoms with Crippen molar-refractivity contribution in [1.29, 1.82) is 5.26 Å². The zero-order valence-corrected chi connectivity index (χ0v) is 11.3. The molecule has 0 unspecified atom stereocenters. The van der Waals surface area contributed by atoms with E-state index >= 15 is 0 Å². The van der Waals surface area contributed by atoms with E-state index in [1.807, 2.05) is 25.1 Å². The highest BCUT2D eigenvalue weighted by molar-refractivity contribution is 7.89. The summed E-state index contributed by atoms with van der Waals surface area (Å²) in [5.41, 5.74) is 1.72. The van der Waals surface area contributed by atoms with Gasteiger partial charge in [0.25, 0.3) is 10.0 Å². The van der Waals surface area contributed by atoms with Crippen molar-refractivity contribution in [2.24, 2.45) is 5.14 Å². The lowest BCUT2D eigenvalue weighted by Gasteiger charge is -2.08. The van der Waals surface area contributed by atoms with Crippen molar-refractivity contribution in [3.05, 3.63) is 41.1 Å². The summed E-state index contributed by atoms with van der Waals surface area (Å²) in [6.07, 6.45) is 0. The van der Waals surface area contributed by atoms with Crippen molar-refractivity contribution < 1.29 is 8.42 Å². The van der Waals surface area contributed by atoms with Crippen molar-refractivity contribution >= 4 is 10.0 Å². The zero-order chi connectivity index (χ0) is 14.2. The first kappa shape index (κ1) is 13.3. The summed E-state index contributed by atoms with van der Waals surface area (Å²) in [4.78, 5) is 0. The number of benzene rings is 1. The lowest BCUT2D eigenvalue weighted by atomic mass is 10.2. The number of rotatable bonds is 2. The van der Waals surface area contributed by atoms with Crippen molar-refractivity contribution in [2.45, 2.75) is 18.9 Å². The Labute approximate surface area is 111 Å². The van der Waals surface area contributed by atoms with Gasteiger partial charge in [-0.05, 0) is 25.5 Å². The third-order valence-electron chi connectivity index (χ3n) is 2.74. The summed E-state index contributed by atoms with van der Waals surface area (Å²) in [7, 11) is -4.04. The molecule has 7 heteroatoms. The SMILES string of the molecule is Cc1ccccc1-n1nc(C)c(C#N)c1S(N)(=O)=O. The van der Waals surface area contributed by atoms with Crippen LogP contribution in [0.1, 0.15) is 16.8 Å². The summed E-state index contributed by atoms with van der Waals surface area (Å²) in [5.74, 6) is 0. The van der Waals surface area contributed by atoms with E-state index in [0.29, 0.717) is 11.4 Å². The summed E-state index contributed by atoms with van der Waals surface area (Å²) in [5, 5.41) is 18.1. The Hall–Kier alpha value is -2.17. The van der Waals surface area contributed by atoms with E-state index in [-0.39, 0.29) is 10.6 Å². The average Bonchev–Trinajstić information content (AvgIpc) is 2.66. The van der Waals surface area contributed by atoms with Gasteiger partial charge in [0.2, 0.25) is 0 Å². The Bertz CT molecular complexity index is 785. The smallest absolute Gasteiger partial charge is 0.223 e. The van der Waals surface area contributed by atoms with E-state index in [4.69, 9.17) is 10.4 Å². The largest absolute Gasteiger partial charge is 0.257 e. The van der Waals surface area contributed by atoms with Crippen molar-refractivity contribution in [3.63, 3.8) is 0 Å². The molecule has 6 nitrogen and oxygen atoms in total. The van der Waals surface area contributed by atoms with Crippen LogP contribution in [0.3, 0.4) is 0 Å². The van der Waals surface area contributed by atoms with Crippen LogP contribution in [0.2, 0.25) is 0 Å². The van der Waals surface area contributed by atoms with Crippen LogP contribution in [-0.2, 0) is 10.0 Å². The highest BCUT2D eigenvalue weighted by Gasteiger charge is 2.25. The van der Waals surface area contributed by atoms with Crippen LogP contribution in [0.5, 0.6) is 0 Å². The molecule has 0 saturated heterocycles. The van der Waals surface area contributed by atoms with Gasteiger partial charge in [0.1, 0.15) is 11.6 Å². The number of para-hydroxylation sites is 1. The maximum atomic E-state index is 11.7. The molecule has 0 aliphatic heterocycles. The van der Waals surface area contributed by atoms with Gasteiger partial charge in [-0.25, -0.2) is 18.2 Å². The Kier molecular flexibility index (Phi) is 3.14. The summed E-state index contributed by atoms with van der Waals surface area (Å²) < 4.78 is 24.6. The fourth-order valence-corrected chi connectivity index (χ4v) is 2.72. The minimum absolute atomic E-state index is 0.0225.